The highest BCUT2D eigenvalue weighted by Crippen LogP contribution is 2.25. The lowest BCUT2D eigenvalue weighted by atomic mass is 10.1. The molecule has 0 bridgehead atoms. The average molecular weight is 407 g/mol. The molecule has 1 aromatic heterocycles. The molecule has 0 saturated heterocycles. The van der Waals surface area contributed by atoms with Crippen LogP contribution in [0.1, 0.15) is 16.9 Å². The molecule has 0 aliphatic carbocycles. The molecule has 1 aliphatic rings. The van der Waals surface area contributed by atoms with Gasteiger partial charge in [-0.3, -0.25) is 4.79 Å². The summed E-state index contributed by atoms with van der Waals surface area (Å²) in [5.74, 6) is -0.129. The van der Waals surface area contributed by atoms with Crippen LogP contribution in [0.25, 0.3) is 10.6 Å². The van der Waals surface area contributed by atoms with Crippen molar-refractivity contribution in [1.29, 1.82) is 0 Å². The van der Waals surface area contributed by atoms with Gasteiger partial charge >= 0.3 is 0 Å². The van der Waals surface area contributed by atoms with Crippen LogP contribution in [0.15, 0.2) is 41.3 Å². The number of thiazole rings is 1. The zero-order chi connectivity index (χ0) is 15.4. The van der Waals surface area contributed by atoms with Gasteiger partial charge in [0.15, 0.2) is 0 Å². The monoisotopic (exact) mass is 405 g/mol. The van der Waals surface area contributed by atoms with Crippen molar-refractivity contribution < 1.29 is 4.79 Å². The Morgan fingerprint density at radius 2 is 2.04 bits per heavy atom. The first-order valence-corrected chi connectivity index (χ1v) is 8.36. The van der Waals surface area contributed by atoms with E-state index in [0.29, 0.717) is 17.3 Å². The Bertz CT molecular complexity index is 701. The summed E-state index contributed by atoms with van der Waals surface area (Å²) in [6.45, 7) is 2.44. The molecule has 4 nitrogen and oxygen atoms in total. The van der Waals surface area contributed by atoms with Crippen LogP contribution in [0.3, 0.4) is 0 Å². The van der Waals surface area contributed by atoms with Gasteiger partial charge in [-0.15, -0.1) is 36.2 Å². The van der Waals surface area contributed by atoms with Crippen LogP contribution in [0, 0.1) is 0 Å². The summed E-state index contributed by atoms with van der Waals surface area (Å²) < 4.78 is 0. The normalized spacial score (nSPS) is 13.3. The molecule has 0 radical (unpaired) electrons. The third-order valence-corrected chi connectivity index (χ3v) is 4.61. The SMILES string of the molecule is Cl.Cl.O=C(NCC1=CCNCC1)c1csc(-c2ccc(Cl)cc2)n1. The van der Waals surface area contributed by atoms with Crippen molar-refractivity contribution in [2.24, 2.45) is 0 Å². The molecular weight excluding hydrogens is 389 g/mol. The Morgan fingerprint density at radius 1 is 1.29 bits per heavy atom. The van der Waals surface area contributed by atoms with Crippen LogP contribution in [-0.4, -0.2) is 30.5 Å². The first kappa shape index (κ1) is 20.9. The molecule has 0 unspecified atom stereocenters. The predicted molar refractivity (Wildman–Crippen MR) is 105 cm³/mol. The van der Waals surface area contributed by atoms with E-state index in [-0.39, 0.29) is 30.7 Å². The molecule has 8 heteroatoms. The number of halogens is 3. The number of nitrogens with one attached hydrogen (secondary N) is 2. The summed E-state index contributed by atoms with van der Waals surface area (Å²) >= 11 is 7.34. The molecule has 1 amide bonds. The molecule has 1 aromatic carbocycles. The third-order valence-electron chi connectivity index (χ3n) is 3.46. The van der Waals surface area contributed by atoms with Gasteiger partial charge in [-0.05, 0) is 25.1 Å². The highest BCUT2D eigenvalue weighted by molar-refractivity contribution is 7.13. The number of amides is 1. The molecule has 0 atom stereocenters. The molecule has 2 heterocycles. The second-order valence-corrected chi connectivity index (χ2v) is 6.34. The summed E-state index contributed by atoms with van der Waals surface area (Å²) in [5, 5.41) is 9.48. The van der Waals surface area contributed by atoms with Gasteiger partial charge in [0, 0.05) is 29.1 Å². The summed E-state index contributed by atoms with van der Waals surface area (Å²) in [5.41, 5.74) is 2.69. The lowest BCUT2D eigenvalue weighted by Gasteiger charge is -2.14. The zero-order valence-corrected chi connectivity index (χ0v) is 16.0. The number of benzene rings is 1. The Hall–Kier alpha value is -1.11. The number of carbonyl (C=O) groups excluding carboxylic acids is 1. The lowest BCUT2D eigenvalue weighted by Crippen LogP contribution is -2.29. The van der Waals surface area contributed by atoms with Gasteiger partial charge in [0.25, 0.3) is 5.91 Å². The summed E-state index contributed by atoms with van der Waals surface area (Å²) in [4.78, 5) is 16.6. The quantitative estimate of drug-likeness (QED) is 0.756. The molecule has 24 heavy (non-hydrogen) atoms. The first-order valence-electron chi connectivity index (χ1n) is 7.10. The Kier molecular flexibility index (Phi) is 8.73. The van der Waals surface area contributed by atoms with Crippen molar-refractivity contribution in [3.63, 3.8) is 0 Å². The zero-order valence-electron chi connectivity index (χ0n) is 12.8. The highest BCUT2D eigenvalue weighted by atomic mass is 35.5. The van der Waals surface area contributed by atoms with E-state index >= 15 is 0 Å². The van der Waals surface area contributed by atoms with Crippen LogP contribution in [0.2, 0.25) is 5.02 Å². The van der Waals surface area contributed by atoms with Crippen molar-refractivity contribution >= 4 is 53.7 Å². The molecule has 1 aliphatic heterocycles. The molecule has 130 valence electrons. The van der Waals surface area contributed by atoms with Crippen LogP contribution in [0.5, 0.6) is 0 Å². The molecule has 3 rings (SSSR count). The summed E-state index contributed by atoms with van der Waals surface area (Å²) in [7, 11) is 0. The Labute approximate surface area is 162 Å². The van der Waals surface area contributed by atoms with E-state index in [2.05, 4.69) is 21.7 Å². The second kappa shape index (κ2) is 10.0. The van der Waals surface area contributed by atoms with Crippen molar-refractivity contribution in [3.05, 3.63) is 52.0 Å². The minimum atomic E-state index is -0.129. The second-order valence-electron chi connectivity index (χ2n) is 5.04. The van der Waals surface area contributed by atoms with E-state index in [9.17, 15) is 4.79 Å². The van der Waals surface area contributed by atoms with Crippen LogP contribution in [-0.2, 0) is 0 Å². The average Bonchev–Trinajstić information content (AvgIpc) is 3.04. The number of aromatic nitrogens is 1. The van der Waals surface area contributed by atoms with E-state index in [1.165, 1.54) is 16.9 Å². The Morgan fingerprint density at radius 3 is 2.71 bits per heavy atom. The smallest absolute Gasteiger partial charge is 0.271 e. The van der Waals surface area contributed by atoms with Gasteiger partial charge in [-0.2, -0.15) is 0 Å². The van der Waals surface area contributed by atoms with Crippen molar-refractivity contribution in [2.45, 2.75) is 6.42 Å². The number of rotatable bonds is 4. The van der Waals surface area contributed by atoms with E-state index < -0.39 is 0 Å². The van der Waals surface area contributed by atoms with Crippen LogP contribution < -0.4 is 10.6 Å². The number of nitrogens with zero attached hydrogens (tertiary/aromatic N) is 1. The molecular formula is C16H18Cl3N3OS. The fourth-order valence-corrected chi connectivity index (χ4v) is 3.15. The maximum Gasteiger partial charge on any atom is 0.271 e. The topological polar surface area (TPSA) is 54.0 Å². The fourth-order valence-electron chi connectivity index (χ4n) is 2.22. The van der Waals surface area contributed by atoms with E-state index in [1.807, 2.05) is 24.3 Å². The van der Waals surface area contributed by atoms with Crippen LogP contribution >= 0.6 is 47.8 Å². The molecule has 0 spiro atoms. The largest absolute Gasteiger partial charge is 0.347 e. The van der Waals surface area contributed by atoms with Crippen molar-refractivity contribution in [2.75, 3.05) is 19.6 Å². The van der Waals surface area contributed by atoms with Gasteiger partial charge < -0.3 is 10.6 Å². The fraction of sp³-hybridized carbons (Fsp3) is 0.250. The maximum atomic E-state index is 12.2. The van der Waals surface area contributed by atoms with Gasteiger partial charge in [0.1, 0.15) is 10.7 Å². The molecule has 0 saturated carbocycles. The minimum absolute atomic E-state index is 0. The summed E-state index contributed by atoms with van der Waals surface area (Å²) in [6, 6.07) is 7.45. The minimum Gasteiger partial charge on any atom is -0.347 e. The third kappa shape index (κ3) is 5.46. The molecule has 2 N–H and O–H groups in total. The van der Waals surface area contributed by atoms with Crippen molar-refractivity contribution in [1.82, 2.24) is 15.6 Å². The van der Waals surface area contributed by atoms with E-state index in [0.717, 1.165) is 30.1 Å². The van der Waals surface area contributed by atoms with E-state index in [1.54, 1.807) is 5.38 Å². The van der Waals surface area contributed by atoms with Gasteiger partial charge in [-0.25, -0.2) is 4.98 Å². The first-order chi connectivity index (χ1) is 10.7. The standard InChI is InChI=1S/C16H16ClN3OS.2ClH/c17-13-3-1-12(2-4-13)16-20-14(10-22-16)15(21)19-9-11-5-7-18-8-6-11;;/h1-5,10,18H,6-9H2,(H,19,21);2*1H. The lowest BCUT2D eigenvalue weighted by molar-refractivity contribution is 0.0952. The van der Waals surface area contributed by atoms with Gasteiger partial charge in [-0.1, -0.05) is 35.4 Å². The Balaban J connectivity index is 0.00000144. The molecule has 2 aromatic rings. The van der Waals surface area contributed by atoms with Gasteiger partial charge in [0.2, 0.25) is 0 Å². The number of carbonyl (C=O) groups is 1. The maximum absolute atomic E-state index is 12.2. The summed E-state index contributed by atoms with van der Waals surface area (Å²) in [6.07, 6.45) is 3.11. The van der Waals surface area contributed by atoms with Gasteiger partial charge in [0.05, 0.1) is 0 Å². The predicted octanol–water partition coefficient (Wildman–Crippen LogP) is 3.96. The molecule has 0 fully saturated rings. The van der Waals surface area contributed by atoms with Crippen LogP contribution in [0.4, 0.5) is 0 Å². The number of hydrogen-bond acceptors (Lipinski definition) is 4. The number of hydrogen-bond donors (Lipinski definition) is 2. The van der Waals surface area contributed by atoms with Crippen molar-refractivity contribution in [3.8, 4) is 10.6 Å². The van der Waals surface area contributed by atoms with E-state index in [4.69, 9.17) is 11.6 Å². The highest BCUT2D eigenvalue weighted by Gasteiger charge is 2.12.